The summed E-state index contributed by atoms with van der Waals surface area (Å²) in [7, 11) is 0. The van der Waals surface area contributed by atoms with Crippen molar-refractivity contribution in [2.45, 2.75) is 45.6 Å². The lowest BCUT2D eigenvalue weighted by atomic mass is 9.79. The standard InChI is InChI=1S/C13H26N2O3S/c1-12(2,3)18-11(16)15-7-4-13(10-17-14)5-8-19-9-6-13/h4-10,14H2,1-3H3,(H,15,16). The van der Waals surface area contributed by atoms with E-state index < -0.39 is 5.60 Å². The maximum Gasteiger partial charge on any atom is 0.407 e. The van der Waals surface area contributed by atoms with Crippen molar-refractivity contribution in [2.24, 2.45) is 11.3 Å². The minimum absolute atomic E-state index is 0.106. The highest BCUT2D eigenvalue weighted by molar-refractivity contribution is 7.99. The van der Waals surface area contributed by atoms with E-state index in [1.165, 1.54) is 0 Å². The van der Waals surface area contributed by atoms with Crippen molar-refractivity contribution in [1.29, 1.82) is 0 Å². The third-order valence-corrected chi connectivity index (χ3v) is 4.25. The molecule has 6 heteroatoms. The topological polar surface area (TPSA) is 73.6 Å². The molecule has 0 saturated carbocycles. The summed E-state index contributed by atoms with van der Waals surface area (Å²) in [6.07, 6.45) is 2.70. The summed E-state index contributed by atoms with van der Waals surface area (Å²) in [5, 5.41) is 2.81. The molecule has 1 aliphatic rings. The van der Waals surface area contributed by atoms with Crippen LogP contribution in [0.25, 0.3) is 0 Å². The van der Waals surface area contributed by atoms with Gasteiger partial charge >= 0.3 is 6.09 Å². The fourth-order valence-corrected chi connectivity index (χ4v) is 3.55. The van der Waals surface area contributed by atoms with E-state index in [0.29, 0.717) is 13.2 Å². The van der Waals surface area contributed by atoms with E-state index in [2.05, 4.69) is 5.32 Å². The number of nitrogens with one attached hydrogen (secondary N) is 1. The van der Waals surface area contributed by atoms with Crippen molar-refractivity contribution in [3.05, 3.63) is 0 Å². The van der Waals surface area contributed by atoms with Crippen molar-refractivity contribution >= 4 is 17.9 Å². The van der Waals surface area contributed by atoms with Gasteiger partial charge in [0.25, 0.3) is 0 Å². The van der Waals surface area contributed by atoms with Crippen LogP contribution < -0.4 is 11.2 Å². The number of nitrogens with two attached hydrogens (primary N) is 1. The first-order chi connectivity index (χ1) is 8.87. The molecular weight excluding hydrogens is 264 g/mol. The Labute approximate surface area is 119 Å². The molecule has 0 aliphatic carbocycles. The predicted octanol–water partition coefficient (Wildman–Crippen LogP) is 2.30. The number of alkyl carbamates (subject to hydrolysis) is 1. The van der Waals surface area contributed by atoms with E-state index in [1.807, 2.05) is 32.5 Å². The molecule has 1 aliphatic heterocycles. The normalized spacial score (nSPS) is 18.9. The van der Waals surface area contributed by atoms with Crippen molar-refractivity contribution in [3.8, 4) is 0 Å². The third kappa shape index (κ3) is 6.49. The number of hydrogen-bond donors (Lipinski definition) is 2. The Morgan fingerprint density at radius 3 is 2.53 bits per heavy atom. The van der Waals surface area contributed by atoms with E-state index in [4.69, 9.17) is 15.5 Å². The summed E-state index contributed by atoms with van der Waals surface area (Å²) in [5.74, 6) is 7.51. The molecule has 1 fully saturated rings. The van der Waals surface area contributed by atoms with Crippen molar-refractivity contribution in [3.63, 3.8) is 0 Å². The maximum absolute atomic E-state index is 11.6. The zero-order valence-corrected chi connectivity index (χ0v) is 13.0. The van der Waals surface area contributed by atoms with Crippen molar-refractivity contribution < 1.29 is 14.4 Å². The van der Waals surface area contributed by atoms with Crippen LogP contribution in [0.15, 0.2) is 0 Å². The van der Waals surface area contributed by atoms with Gasteiger partial charge in [0.1, 0.15) is 5.60 Å². The Bertz CT molecular complexity index is 281. The van der Waals surface area contributed by atoms with Gasteiger partial charge in [-0.3, -0.25) is 0 Å². The zero-order valence-electron chi connectivity index (χ0n) is 12.2. The highest BCUT2D eigenvalue weighted by Gasteiger charge is 2.32. The van der Waals surface area contributed by atoms with E-state index in [0.717, 1.165) is 30.8 Å². The largest absolute Gasteiger partial charge is 0.444 e. The van der Waals surface area contributed by atoms with Crippen LogP contribution in [-0.4, -0.2) is 36.4 Å². The van der Waals surface area contributed by atoms with Crippen LogP contribution in [-0.2, 0) is 9.57 Å². The molecule has 0 unspecified atom stereocenters. The van der Waals surface area contributed by atoms with Crippen LogP contribution in [0.4, 0.5) is 4.79 Å². The molecule has 1 rings (SSSR count). The van der Waals surface area contributed by atoms with Gasteiger partial charge in [0.15, 0.2) is 0 Å². The van der Waals surface area contributed by atoms with Gasteiger partial charge in [0.05, 0.1) is 6.61 Å². The van der Waals surface area contributed by atoms with Gasteiger partial charge in [-0.15, -0.1) is 0 Å². The zero-order chi connectivity index (χ0) is 14.4. The lowest BCUT2D eigenvalue weighted by Gasteiger charge is -2.36. The van der Waals surface area contributed by atoms with Crippen LogP contribution >= 0.6 is 11.8 Å². The minimum atomic E-state index is -0.455. The second-order valence-corrected chi connectivity index (χ2v) is 7.33. The summed E-state index contributed by atoms with van der Waals surface area (Å²) in [6, 6.07) is 0. The molecule has 0 aromatic heterocycles. The summed E-state index contributed by atoms with van der Waals surface area (Å²) < 4.78 is 5.21. The smallest absolute Gasteiger partial charge is 0.407 e. The molecule has 19 heavy (non-hydrogen) atoms. The summed E-state index contributed by atoms with van der Waals surface area (Å²) in [6.45, 7) is 6.73. The number of rotatable bonds is 5. The molecule has 3 N–H and O–H groups in total. The van der Waals surface area contributed by atoms with E-state index >= 15 is 0 Å². The average molecular weight is 290 g/mol. The van der Waals surface area contributed by atoms with Gasteiger partial charge < -0.3 is 14.9 Å². The van der Waals surface area contributed by atoms with Crippen LogP contribution in [0.5, 0.6) is 0 Å². The number of amides is 1. The van der Waals surface area contributed by atoms with Gasteiger partial charge in [-0.05, 0) is 57.0 Å². The first-order valence-corrected chi connectivity index (χ1v) is 7.89. The highest BCUT2D eigenvalue weighted by atomic mass is 32.2. The molecule has 0 radical (unpaired) electrons. The molecule has 0 aromatic carbocycles. The first-order valence-electron chi connectivity index (χ1n) is 6.73. The molecule has 1 saturated heterocycles. The Balaban J connectivity index is 2.34. The lowest BCUT2D eigenvalue weighted by Crippen LogP contribution is -2.38. The van der Waals surface area contributed by atoms with Crippen molar-refractivity contribution in [1.82, 2.24) is 5.32 Å². The highest BCUT2D eigenvalue weighted by Crippen LogP contribution is 2.37. The van der Waals surface area contributed by atoms with Crippen LogP contribution in [0, 0.1) is 5.41 Å². The quantitative estimate of drug-likeness (QED) is 0.760. The number of hydrogen-bond acceptors (Lipinski definition) is 5. The van der Waals surface area contributed by atoms with Gasteiger partial charge in [0, 0.05) is 6.54 Å². The molecule has 5 nitrogen and oxygen atoms in total. The van der Waals surface area contributed by atoms with Crippen LogP contribution in [0.2, 0.25) is 0 Å². The third-order valence-electron chi connectivity index (χ3n) is 3.27. The summed E-state index contributed by atoms with van der Waals surface area (Å²) in [4.78, 5) is 16.4. The fourth-order valence-electron chi connectivity index (χ4n) is 2.19. The number of carbonyl (C=O) groups is 1. The van der Waals surface area contributed by atoms with Gasteiger partial charge in [-0.1, -0.05) is 0 Å². The molecule has 1 amide bonds. The predicted molar refractivity (Wildman–Crippen MR) is 78.0 cm³/mol. The molecule has 1 heterocycles. The lowest BCUT2D eigenvalue weighted by molar-refractivity contribution is 0.0289. The fraction of sp³-hybridized carbons (Fsp3) is 0.923. The molecule has 0 aromatic rings. The van der Waals surface area contributed by atoms with Crippen LogP contribution in [0.1, 0.15) is 40.0 Å². The summed E-state index contributed by atoms with van der Waals surface area (Å²) >= 11 is 1.96. The monoisotopic (exact) mass is 290 g/mol. The number of ether oxygens (including phenoxy) is 1. The molecule has 0 bridgehead atoms. The first kappa shape index (κ1) is 16.6. The van der Waals surface area contributed by atoms with E-state index in [-0.39, 0.29) is 11.5 Å². The Morgan fingerprint density at radius 1 is 1.37 bits per heavy atom. The average Bonchev–Trinajstić information content (AvgIpc) is 2.28. The Hall–Kier alpha value is -0.460. The number of carbonyl (C=O) groups excluding carboxylic acids is 1. The second-order valence-electron chi connectivity index (χ2n) is 6.10. The minimum Gasteiger partial charge on any atom is -0.444 e. The Morgan fingerprint density at radius 2 is 2.00 bits per heavy atom. The summed E-state index contributed by atoms with van der Waals surface area (Å²) in [5.41, 5.74) is -0.349. The van der Waals surface area contributed by atoms with E-state index in [1.54, 1.807) is 0 Å². The van der Waals surface area contributed by atoms with Gasteiger partial charge in [-0.2, -0.15) is 11.8 Å². The molecular formula is C13H26N2O3S. The van der Waals surface area contributed by atoms with Gasteiger partial charge in [-0.25, -0.2) is 10.7 Å². The van der Waals surface area contributed by atoms with E-state index in [9.17, 15) is 4.79 Å². The van der Waals surface area contributed by atoms with Crippen LogP contribution in [0.3, 0.4) is 0 Å². The SMILES string of the molecule is CC(C)(C)OC(=O)NCCC1(CON)CCSCC1. The van der Waals surface area contributed by atoms with Crippen molar-refractivity contribution in [2.75, 3.05) is 24.7 Å². The Kier molecular flexibility index (Phi) is 6.42. The molecule has 112 valence electrons. The molecule has 0 spiro atoms. The number of thioether (sulfide) groups is 1. The van der Waals surface area contributed by atoms with Gasteiger partial charge in [0.2, 0.25) is 0 Å². The molecule has 0 atom stereocenters. The second kappa shape index (κ2) is 7.36. The maximum atomic E-state index is 11.6.